The molecule has 1 fully saturated rings. The topological polar surface area (TPSA) is 78.5 Å². The fourth-order valence-electron chi connectivity index (χ4n) is 2.88. The minimum absolute atomic E-state index is 0.0153. The summed E-state index contributed by atoms with van der Waals surface area (Å²) in [5.41, 5.74) is 0. The number of likely N-dealkylation sites (tertiary alicyclic amines) is 1. The van der Waals surface area contributed by atoms with Crippen LogP contribution in [0.5, 0.6) is 0 Å². The van der Waals surface area contributed by atoms with Crippen LogP contribution in [0.3, 0.4) is 0 Å². The van der Waals surface area contributed by atoms with Crippen molar-refractivity contribution in [3.8, 4) is 0 Å². The first-order chi connectivity index (χ1) is 11.0. The molecule has 1 heterocycles. The molecule has 23 heavy (non-hydrogen) atoms. The molecule has 128 valence electrons. The molecule has 7 heteroatoms. The standard InChI is InChI=1S/C16H25N3O3S/c1-17-12-14-6-5-11-19(13-14)16(20)9-10-18-23(21,22)15-7-3-2-4-8-15/h2-4,7-8,14,17-18H,5-6,9-13H2,1H3. The van der Waals surface area contributed by atoms with Crippen LogP contribution in [0.1, 0.15) is 19.3 Å². The van der Waals surface area contributed by atoms with Gasteiger partial charge in [-0.2, -0.15) is 0 Å². The minimum Gasteiger partial charge on any atom is -0.342 e. The average Bonchev–Trinajstić information content (AvgIpc) is 2.56. The molecule has 2 N–H and O–H groups in total. The zero-order chi connectivity index (χ0) is 16.7. The quantitative estimate of drug-likeness (QED) is 0.771. The largest absolute Gasteiger partial charge is 0.342 e. The highest BCUT2D eigenvalue weighted by Gasteiger charge is 2.23. The number of benzene rings is 1. The summed E-state index contributed by atoms with van der Waals surface area (Å²) in [5.74, 6) is 0.500. The molecule has 1 aromatic carbocycles. The molecule has 0 bridgehead atoms. The first kappa shape index (κ1) is 17.9. The van der Waals surface area contributed by atoms with Gasteiger partial charge in [-0.25, -0.2) is 13.1 Å². The number of hydrogen-bond acceptors (Lipinski definition) is 4. The second kappa shape index (κ2) is 8.42. The Morgan fingerprint density at radius 3 is 2.74 bits per heavy atom. The van der Waals surface area contributed by atoms with Gasteiger partial charge < -0.3 is 10.2 Å². The van der Waals surface area contributed by atoms with Gasteiger partial charge in [0.15, 0.2) is 0 Å². The van der Waals surface area contributed by atoms with Gasteiger partial charge in [-0.05, 0) is 44.5 Å². The minimum atomic E-state index is -3.54. The molecule has 6 nitrogen and oxygen atoms in total. The third-order valence-corrected chi connectivity index (χ3v) is 5.53. The Labute approximate surface area is 138 Å². The van der Waals surface area contributed by atoms with Gasteiger partial charge in [0.05, 0.1) is 4.90 Å². The second-order valence-corrected chi connectivity index (χ2v) is 7.63. The first-order valence-electron chi connectivity index (χ1n) is 8.00. The zero-order valence-electron chi connectivity index (χ0n) is 13.5. The van der Waals surface area contributed by atoms with E-state index in [0.29, 0.717) is 5.92 Å². The molecule has 1 unspecified atom stereocenters. The van der Waals surface area contributed by atoms with Crippen LogP contribution in [0.4, 0.5) is 0 Å². The summed E-state index contributed by atoms with van der Waals surface area (Å²) in [7, 11) is -1.62. The fraction of sp³-hybridized carbons (Fsp3) is 0.562. The summed E-state index contributed by atoms with van der Waals surface area (Å²) in [4.78, 5) is 14.3. The molecule has 0 radical (unpaired) electrons. The fourth-order valence-corrected chi connectivity index (χ4v) is 3.93. The van der Waals surface area contributed by atoms with Gasteiger partial charge >= 0.3 is 0 Å². The summed E-state index contributed by atoms with van der Waals surface area (Å²) < 4.78 is 26.7. The maximum Gasteiger partial charge on any atom is 0.240 e. The molecule has 1 saturated heterocycles. The van der Waals surface area contributed by atoms with Crippen molar-refractivity contribution >= 4 is 15.9 Å². The van der Waals surface area contributed by atoms with E-state index in [4.69, 9.17) is 0 Å². The number of carbonyl (C=O) groups excluding carboxylic acids is 1. The van der Waals surface area contributed by atoms with E-state index >= 15 is 0 Å². The molecular weight excluding hydrogens is 314 g/mol. The molecule has 0 spiro atoms. The van der Waals surface area contributed by atoms with Gasteiger partial charge in [-0.1, -0.05) is 18.2 Å². The predicted molar refractivity (Wildman–Crippen MR) is 89.5 cm³/mol. The maximum atomic E-state index is 12.2. The molecule has 0 saturated carbocycles. The molecule has 1 aliphatic rings. The van der Waals surface area contributed by atoms with Crippen LogP contribution in [0.2, 0.25) is 0 Å². The lowest BCUT2D eigenvalue weighted by Crippen LogP contribution is -2.43. The molecule has 2 rings (SSSR count). The lowest BCUT2D eigenvalue weighted by molar-refractivity contribution is -0.132. The predicted octanol–water partition coefficient (Wildman–Crippen LogP) is 0.813. The summed E-state index contributed by atoms with van der Waals surface area (Å²) >= 11 is 0. The van der Waals surface area contributed by atoms with E-state index in [1.54, 1.807) is 18.2 Å². The smallest absolute Gasteiger partial charge is 0.240 e. The van der Waals surface area contributed by atoms with Crippen molar-refractivity contribution in [2.45, 2.75) is 24.2 Å². The number of rotatable bonds is 7. The van der Waals surface area contributed by atoms with Gasteiger partial charge in [0.2, 0.25) is 15.9 Å². The van der Waals surface area contributed by atoms with Crippen LogP contribution in [0, 0.1) is 5.92 Å². The van der Waals surface area contributed by atoms with Crippen molar-refractivity contribution in [1.82, 2.24) is 14.9 Å². The molecular formula is C16H25N3O3S. The monoisotopic (exact) mass is 339 g/mol. The number of nitrogens with zero attached hydrogens (tertiary/aromatic N) is 1. The Hall–Kier alpha value is -1.44. The third-order valence-electron chi connectivity index (χ3n) is 4.05. The van der Waals surface area contributed by atoms with Crippen LogP contribution >= 0.6 is 0 Å². The summed E-state index contributed by atoms with van der Waals surface area (Å²) in [6.45, 7) is 2.56. The number of sulfonamides is 1. The Morgan fingerprint density at radius 1 is 1.30 bits per heavy atom. The van der Waals surface area contributed by atoms with Crippen molar-refractivity contribution in [3.63, 3.8) is 0 Å². The highest BCUT2D eigenvalue weighted by molar-refractivity contribution is 7.89. The number of hydrogen-bond donors (Lipinski definition) is 2. The maximum absolute atomic E-state index is 12.2. The Morgan fingerprint density at radius 2 is 2.04 bits per heavy atom. The Kier molecular flexibility index (Phi) is 6.56. The normalized spacial score (nSPS) is 18.8. The highest BCUT2D eigenvalue weighted by Crippen LogP contribution is 2.16. The number of piperidine rings is 1. The average molecular weight is 339 g/mol. The van der Waals surface area contributed by atoms with E-state index in [1.807, 2.05) is 11.9 Å². The molecule has 1 aromatic rings. The van der Waals surface area contributed by atoms with Crippen molar-refractivity contribution in [3.05, 3.63) is 30.3 Å². The molecule has 0 aliphatic carbocycles. The number of nitrogens with one attached hydrogen (secondary N) is 2. The van der Waals surface area contributed by atoms with Crippen LogP contribution in [-0.4, -0.2) is 52.5 Å². The van der Waals surface area contributed by atoms with Crippen molar-refractivity contribution in [2.24, 2.45) is 5.92 Å². The first-order valence-corrected chi connectivity index (χ1v) is 9.48. The van der Waals surface area contributed by atoms with Gasteiger partial charge in [-0.15, -0.1) is 0 Å². The molecule has 1 atom stereocenters. The van der Waals surface area contributed by atoms with Crippen LogP contribution in [0.25, 0.3) is 0 Å². The summed E-state index contributed by atoms with van der Waals surface area (Å²) in [6.07, 6.45) is 2.33. The van der Waals surface area contributed by atoms with E-state index in [2.05, 4.69) is 10.0 Å². The van der Waals surface area contributed by atoms with Gasteiger partial charge in [0.1, 0.15) is 0 Å². The Bertz CT molecular complexity index is 602. The van der Waals surface area contributed by atoms with Crippen molar-refractivity contribution in [1.29, 1.82) is 0 Å². The number of amides is 1. The third kappa shape index (κ3) is 5.30. The van der Waals surface area contributed by atoms with E-state index in [1.165, 1.54) is 12.1 Å². The van der Waals surface area contributed by atoms with E-state index in [0.717, 1.165) is 32.5 Å². The summed E-state index contributed by atoms with van der Waals surface area (Å²) in [6, 6.07) is 8.19. The molecule has 1 amide bonds. The van der Waals surface area contributed by atoms with Crippen molar-refractivity contribution in [2.75, 3.05) is 33.2 Å². The highest BCUT2D eigenvalue weighted by atomic mass is 32.2. The van der Waals surface area contributed by atoms with Crippen LogP contribution in [0.15, 0.2) is 35.2 Å². The van der Waals surface area contributed by atoms with E-state index in [-0.39, 0.29) is 23.8 Å². The van der Waals surface area contributed by atoms with Crippen molar-refractivity contribution < 1.29 is 13.2 Å². The van der Waals surface area contributed by atoms with Gasteiger partial charge in [-0.3, -0.25) is 4.79 Å². The van der Waals surface area contributed by atoms with Gasteiger partial charge in [0.25, 0.3) is 0 Å². The molecule has 1 aliphatic heterocycles. The SMILES string of the molecule is CNCC1CCCN(C(=O)CCNS(=O)(=O)c2ccccc2)C1. The van der Waals surface area contributed by atoms with E-state index < -0.39 is 10.0 Å². The zero-order valence-corrected chi connectivity index (χ0v) is 14.3. The second-order valence-electron chi connectivity index (χ2n) is 5.87. The summed E-state index contributed by atoms with van der Waals surface area (Å²) in [5, 5.41) is 3.15. The van der Waals surface area contributed by atoms with Crippen LogP contribution < -0.4 is 10.0 Å². The lowest BCUT2D eigenvalue weighted by atomic mass is 9.98. The van der Waals surface area contributed by atoms with Gasteiger partial charge in [0, 0.05) is 26.1 Å². The number of carbonyl (C=O) groups is 1. The molecule has 0 aromatic heterocycles. The van der Waals surface area contributed by atoms with Crippen LogP contribution in [-0.2, 0) is 14.8 Å². The lowest BCUT2D eigenvalue weighted by Gasteiger charge is -2.32. The Balaban J connectivity index is 1.80. The van der Waals surface area contributed by atoms with E-state index in [9.17, 15) is 13.2 Å².